The molecule has 0 spiro atoms. The van der Waals surface area contributed by atoms with Crippen molar-refractivity contribution in [2.45, 2.75) is 13.3 Å². The Kier molecular flexibility index (Phi) is 4.25. The number of para-hydroxylation sites is 1. The van der Waals surface area contributed by atoms with Gasteiger partial charge in [0.15, 0.2) is 0 Å². The fourth-order valence-corrected chi connectivity index (χ4v) is 2.05. The molecule has 0 aromatic heterocycles. The second-order valence-corrected chi connectivity index (χ2v) is 4.43. The summed E-state index contributed by atoms with van der Waals surface area (Å²) in [5.41, 5.74) is 9.53. The fraction of sp³-hybridized carbons (Fsp3) is 0.188. The number of hydrogen-bond donors (Lipinski definition) is 2. The molecule has 0 fully saturated rings. The van der Waals surface area contributed by atoms with Crippen LogP contribution < -0.4 is 11.1 Å². The van der Waals surface area contributed by atoms with Crippen LogP contribution in [0.15, 0.2) is 42.5 Å². The number of rotatable bonds is 4. The van der Waals surface area contributed by atoms with Crippen LogP contribution in [0.1, 0.15) is 22.8 Å². The highest BCUT2D eigenvalue weighted by atomic mass is 16.5. The molecule has 0 saturated heterocycles. The second-order valence-electron chi connectivity index (χ2n) is 4.43. The van der Waals surface area contributed by atoms with Crippen LogP contribution in [0.5, 0.6) is 0 Å². The third-order valence-corrected chi connectivity index (χ3v) is 3.12. The summed E-state index contributed by atoms with van der Waals surface area (Å²) < 4.78 is 4.79. The highest BCUT2D eigenvalue weighted by Crippen LogP contribution is 2.26. The minimum atomic E-state index is -0.409. The Hall–Kier alpha value is -2.49. The first kappa shape index (κ1) is 13.9. The zero-order chi connectivity index (χ0) is 14.5. The van der Waals surface area contributed by atoms with Crippen molar-refractivity contribution in [2.24, 2.45) is 0 Å². The van der Waals surface area contributed by atoms with Crippen molar-refractivity contribution in [3.05, 3.63) is 53.6 Å². The number of hydrogen-bond acceptors (Lipinski definition) is 4. The summed E-state index contributed by atoms with van der Waals surface area (Å²) in [6.07, 6.45) is 0.908. The normalized spacial score (nSPS) is 10.1. The van der Waals surface area contributed by atoms with Gasteiger partial charge in [0, 0.05) is 11.4 Å². The predicted octanol–water partition coefficient (Wildman–Crippen LogP) is 3.36. The van der Waals surface area contributed by atoms with Crippen LogP contribution in [-0.2, 0) is 11.2 Å². The zero-order valence-corrected chi connectivity index (χ0v) is 11.6. The van der Waals surface area contributed by atoms with Gasteiger partial charge in [0.1, 0.15) is 0 Å². The molecule has 2 aromatic carbocycles. The first-order valence-corrected chi connectivity index (χ1v) is 6.48. The minimum Gasteiger partial charge on any atom is -0.465 e. The van der Waals surface area contributed by atoms with E-state index in [1.165, 1.54) is 12.7 Å². The topological polar surface area (TPSA) is 64.3 Å². The Labute approximate surface area is 118 Å². The number of methoxy groups -OCH3 is 1. The molecular formula is C16H18N2O2. The number of anilines is 3. The summed E-state index contributed by atoms with van der Waals surface area (Å²) in [7, 11) is 1.36. The van der Waals surface area contributed by atoms with E-state index < -0.39 is 5.97 Å². The SMILES string of the molecule is CCc1ccccc1Nc1ccc(N)cc1C(=O)OC. The van der Waals surface area contributed by atoms with Crippen LogP contribution in [-0.4, -0.2) is 13.1 Å². The third kappa shape index (κ3) is 2.91. The molecule has 0 saturated carbocycles. The number of carbonyl (C=O) groups is 1. The van der Waals surface area contributed by atoms with Crippen molar-refractivity contribution >= 4 is 23.0 Å². The van der Waals surface area contributed by atoms with Gasteiger partial charge in [0.25, 0.3) is 0 Å². The first-order chi connectivity index (χ1) is 9.65. The number of aryl methyl sites for hydroxylation is 1. The Bertz CT molecular complexity index is 624. The van der Waals surface area contributed by atoms with E-state index >= 15 is 0 Å². The van der Waals surface area contributed by atoms with Gasteiger partial charge in [0.05, 0.1) is 18.4 Å². The molecule has 3 N–H and O–H groups in total. The van der Waals surface area contributed by atoms with Gasteiger partial charge in [-0.3, -0.25) is 0 Å². The molecular weight excluding hydrogens is 252 g/mol. The summed E-state index contributed by atoms with van der Waals surface area (Å²) in [5.74, 6) is -0.409. The number of ether oxygens (including phenoxy) is 1. The Morgan fingerprint density at radius 1 is 1.20 bits per heavy atom. The monoisotopic (exact) mass is 270 g/mol. The summed E-state index contributed by atoms with van der Waals surface area (Å²) in [5, 5.41) is 3.28. The van der Waals surface area contributed by atoms with Gasteiger partial charge in [-0.2, -0.15) is 0 Å². The van der Waals surface area contributed by atoms with E-state index in [1.54, 1.807) is 18.2 Å². The number of carbonyl (C=O) groups excluding carboxylic acids is 1. The molecule has 0 amide bonds. The summed E-state index contributed by atoms with van der Waals surface area (Å²) >= 11 is 0. The van der Waals surface area contributed by atoms with Crippen molar-refractivity contribution in [1.29, 1.82) is 0 Å². The van der Waals surface area contributed by atoms with Crippen LogP contribution in [0.25, 0.3) is 0 Å². The Morgan fingerprint density at radius 3 is 2.65 bits per heavy atom. The smallest absolute Gasteiger partial charge is 0.340 e. The highest BCUT2D eigenvalue weighted by molar-refractivity contribution is 5.97. The fourth-order valence-electron chi connectivity index (χ4n) is 2.05. The molecule has 0 heterocycles. The van der Waals surface area contributed by atoms with Crippen LogP contribution in [0, 0.1) is 0 Å². The number of nitrogens with two attached hydrogens (primary N) is 1. The van der Waals surface area contributed by atoms with Crippen LogP contribution in [0.3, 0.4) is 0 Å². The predicted molar refractivity (Wildman–Crippen MR) is 81.3 cm³/mol. The number of esters is 1. The molecule has 4 nitrogen and oxygen atoms in total. The van der Waals surface area contributed by atoms with E-state index in [0.29, 0.717) is 16.9 Å². The van der Waals surface area contributed by atoms with Gasteiger partial charge >= 0.3 is 5.97 Å². The lowest BCUT2D eigenvalue weighted by Gasteiger charge is -2.14. The maximum absolute atomic E-state index is 11.8. The van der Waals surface area contributed by atoms with E-state index in [2.05, 4.69) is 18.3 Å². The molecule has 0 aliphatic rings. The van der Waals surface area contributed by atoms with E-state index in [0.717, 1.165) is 12.1 Å². The average Bonchev–Trinajstić information content (AvgIpc) is 2.48. The number of benzene rings is 2. The van der Waals surface area contributed by atoms with E-state index in [4.69, 9.17) is 10.5 Å². The van der Waals surface area contributed by atoms with Gasteiger partial charge in [-0.25, -0.2) is 4.79 Å². The maximum atomic E-state index is 11.8. The molecule has 2 aromatic rings. The van der Waals surface area contributed by atoms with Crippen LogP contribution in [0.4, 0.5) is 17.1 Å². The quantitative estimate of drug-likeness (QED) is 0.660. The lowest BCUT2D eigenvalue weighted by Crippen LogP contribution is -2.07. The van der Waals surface area contributed by atoms with Crippen molar-refractivity contribution in [2.75, 3.05) is 18.2 Å². The minimum absolute atomic E-state index is 0.409. The lowest BCUT2D eigenvalue weighted by atomic mass is 10.1. The molecule has 0 bridgehead atoms. The maximum Gasteiger partial charge on any atom is 0.340 e. The second kappa shape index (κ2) is 6.10. The summed E-state index contributed by atoms with van der Waals surface area (Å²) in [6, 6.07) is 13.1. The van der Waals surface area contributed by atoms with Gasteiger partial charge in [-0.05, 0) is 36.2 Å². The van der Waals surface area contributed by atoms with E-state index in [1.807, 2.05) is 18.2 Å². The molecule has 0 aliphatic carbocycles. The zero-order valence-electron chi connectivity index (χ0n) is 11.6. The molecule has 0 radical (unpaired) electrons. The first-order valence-electron chi connectivity index (χ1n) is 6.48. The Morgan fingerprint density at radius 2 is 1.95 bits per heavy atom. The summed E-state index contributed by atoms with van der Waals surface area (Å²) in [6.45, 7) is 2.09. The largest absolute Gasteiger partial charge is 0.465 e. The van der Waals surface area contributed by atoms with Crippen molar-refractivity contribution in [3.63, 3.8) is 0 Å². The van der Waals surface area contributed by atoms with Gasteiger partial charge in [-0.1, -0.05) is 25.1 Å². The van der Waals surface area contributed by atoms with Crippen molar-refractivity contribution < 1.29 is 9.53 Å². The van der Waals surface area contributed by atoms with Crippen molar-refractivity contribution in [1.82, 2.24) is 0 Å². The van der Waals surface area contributed by atoms with Crippen molar-refractivity contribution in [3.8, 4) is 0 Å². The Balaban J connectivity index is 2.40. The average molecular weight is 270 g/mol. The van der Waals surface area contributed by atoms with E-state index in [-0.39, 0.29) is 0 Å². The van der Waals surface area contributed by atoms with Gasteiger partial charge < -0.3 is 15.8 Å². The van der Waals surface area contributed by atoms with Crippen LogP contribution in [0.2, 0.25) is 0 Å². The molecule has 20 heavy (non-hydrogen) atoms. The van der Waals surface area contributed by atoms with Gasteiger partial charge in [-0.15, -0.1) is 0 Å². The van der Waals surface area contributed by atoms with E-state index in [9.17, 15) is 4.79 Å². The molecule has 0 aliphatic heterocycles. The molecule has 0 atom stereocenters. The molecule has 2 rings (SSSR count). The molecule has 0 unspecified atom stereocenters. The lowest BCUT2D eigenvalue weighted by molar-refractivity contribution is 0.0602. The number of nitrogens with one attached hydrogen (secondary N) is 1. The molecule has 4 heteroatoms. The standard InChI is InChI=1S/C16H18N2O2/c1-3-11-6-4-5-7-14(11)18-15-9-8-12(17)10-13(15)16(19)20-2/h4-10,18H,3,17H2,1-2H3. The van der Waals surface area contributed by atoms with Gasteiger partial charge in [0.2, 0.25) is 0 Å². The summed E-state index contributed by atoms with van der Waals surface area (Å²) in [4.78, 5) is 11.8. The number of nitrogen functional groups attached to an aromatic ring is 1. The highest BCUT2D eigenvalue weighted by Gasteiger charge is 2.13. The third-order valence-electron chi connectivity index (χ3n) is 3.12. The molecule has 104 valence electrons. The van der Waals surface area contributed by atoms with Crippen LogP contribution >= 0.6 is 0 Å².